The number of benzene rings is 1. The number of nitrogens with one attached hydrogen (secondary N) is 2. The first kappa shape index (κ1) is 21.0. The molecular formula is C21H35N5O2. The summed E-state index contributed by atoms with van der Waals surface area (Å²) < 4.78 is 11.3. The monoisotopic (exact) mass is 389 g/mol. The van der Waals surface area contributed by atoms with Crippen LogP contribution in [0.25, 0.3) is 0 Å². The van der Waals surface area contributed by atoms with E-state index >= 15 is 0 Å². The van der Waals surface area contributed by atoms with Crippen molar-refractivity contribution in [1.29, 1.82) is 0 Å². The lowest BCUT2D eigenvalue weighted by Crippen LogP contribution is -2.48. The third-order valence-corrected chi connectivity index (χ3v) is 5.21. The Balaban J connectivity index is 1.57. The molecule has 7 nitrogen and oxygen atoms in total. The van der Waals surface area contributed by atoms with E-state index in [2.05, 4.69) is 58.7 Å². The third-order valence-electron chi connectivity index (χ3n) is 5.21. The maximum absolute atomic E-state index is 5.84. The van der Waals surface area contributed by atoms with Crippen molar-refractivity contribution in [3.8, 4) is 0 Å². The van der Waals surface area contributed by atoms with Crippen molar-refractivity contribution < 1.29 is 9.47 Å². The summed E-state index contributed by atoms with van der Waals surface area (Å²) in [4.78, 5) is 9.58. The lowest BCUT2D eigenvalue weighted by Gasteiger charge is -2.30. The third kappa shape index (κ3) is 6.74. The molecule has 1 unspecified atom stereocenters. The number of rotatable bonds is 7. The van der Waals surface area contributed by atoms with Crippen LogP contribution in [0.2, 0.25) is 0 Å². The molecule has 2 aliphatic rings. The van der Waals surface area contributed by atoms with Crippen molar-refractivity contribution in [3.05, 3.63) is 35.4 Å². The molecule has 1 aromatic rings. The van der Waals surface area contributed by atoms with Crippen molar-refractivity contribution >= 4 is 5.96 Å². The van der Waals surface area contributed by atoms with Gasteiger partial charge < -0.3 is 25.0 Å². The average Bonchev–Trinajstić information content (AvgIpc) is 2.72. The summed E-state index contributed by atoms with van der Waals surface area (Å²) in [5.41, 5.74) is 2.63. The number of ether oxygens (including phenoxy) is 2. The van der Waals surface area contributed by atoms with Crippen molar-refractivity contribution in [2.75, 3.05) is 66.1 Å². The van der Waals surface area contributed by atoms with Crippen LogP contribution in [-0.4, -0.2) is 88.0 Å². The van der Waals surface area contributed by atoms with E-state index in [4.69, 9.17) is 14.5 Å². The zero-order chi connectivity index (χ0) is 19.6. The fourth-order valence-electron chi connectivity index (χ4n) is 3.57. The van der Waals surface area contributed by atoms with Crippen LogP contribution in [0.3, 0.4) is 0 Å². The van der Waals surface area contributed by atoms with Crippen LogP contribution in [0.5, 0.6) is 0 Å². The van der Waals surface area contributed by atoms with Crippen molar-refractivity contribution in [2.45, 2.75) is 26.1 Å². The van der Waals surface area contributed by atoms with Crippen LogP contribution >= 0.6 is 0 Å². The zero-order valence-electron chi connectivity index (χ0n) is 17.3. The number of likely N-dealkylation sites (N-methyl/N-ethyl adjacent to an activating group) is 1. The molecule has 0 spiro atoms. The van der Waals surface area contributed by atoms with E-state index in [1.807, 2.05) is 0 Å². The van der Waals surface area contributed by atoms with Gasteiger partial charge in [-0.15, -0.1) is 0 Å². The van der Waals surface area contributed by atoms with E-state index < -0.39 is 0 Å². The first-order chi connectivity index (χ1) is 13.7. The molecular weight excluding hydrogens is 354 g/mol. The van der Waals surface area contributed by atoms with E-state index in [1.54, 1.807) is 0 Å². The SMILES string of the molecule is CCNC(=NCc1ccccc1CN1CCOCC1)NCC1CN(C)CCO1. The molecule has 1 atom stereocenters. The van der Waals surface area contributed by atoms with E-state index in [0.29, 0.717) is 6.54 Å². The van der Waals surface area contributed by atoms with Gasteiger partial charge in [-0.3, -0.25) is 4.90 Å². The van der Waals surface area contributed by atoms with Crippen molar-refractivity contribution in [1.82, 2.24) is 20.4 Å². The van der Waals surface area contributed by atoms with Gasteiger partial charge in [-0.05, 0) is 25.1 Å². The molecule has 28 heavy (non-hydrogen) atoms. The first-order valence-corrected chi connectivity index (χ1v) is 10.4. The second-order valence-corrected chi connectivity index (χ2v) is 7.49. The molecule has 0 bridgehead atoms. The second-order valence-electron chi connectivity index (χ2n) is 7.49. The molecule has 0 radical (unpaired) electrons. The smallest absolute Gasteiger partial charge is 0.191 e. The highest BCUT2D eigenvalue weighted by Gasteiger charge is 2.18. The van der Waals surface area contributed by atoms with Crippen LogP contribution in [-0.2, 0) is 22.6 Å². The zero-order valence-corrected chi connectivity index (χ0v) is 17.3. The molecule has 0 saturated carbocycles. The number of hydrogen-bond acceptors (Lipinski definition) is 5. The number of guanidine groups is 1. The molecule has 0 aromatic heterocycles. The molecule has 2 N–H and O–H groups in total. The minimum atomic E-state index is 0.205. The van der Waals surface area contributed by atoms with E-state index in [0.717, 1.165) is 71.6 Å². The Hall–Kier alpha value is -1.67. The minimum Gasteiger partial charge on any atom is -0.379 e. The number of aliphatic imine (C=N–C) groups is 1. The van der Waals surface area contributed by atoms with Crippen LogP contribution in [0.4, 0.5) is 0 Å². The van der Waals surface area contributed by atoms with Crippen molar-refractivity contribution in [2.24, 2.45) is 4.99 Å². The Bertz CT molecular complexity index is 619. The molecule has 2 heterocycles. The minimum absolute atomic E-state index is 0.205. The lowest BCUT2D eigenvalue weighted by molar-refractivity contribution is -0.0161. The summed E-state index contributed by atoms with van der Waals surface area (Å²) >= 11 is 0. The van der Waals surface area contributed by atoms with Gasteiger partial charge >= 0.3 is 0 Å². The Morgan fingerprint density at radius 2 is 1.89 bits per heavy atom. The molecule has 7 heteroatoms. The molecule has 156 valence electrons. The fourth-order valence-corrected chi connectivity index (χ4v) is 3.57. The maximum Gasteiger partial charge on any atom is 0.191 e. The highest BCUT2D eigenvalue weighted by atomic mass is 16.5. The van der Waals surface area contributed by atoms with Gasteiger partial charge in [0.1, 0.15) is 0 Å². The number of hydrogen-bond donors (Lipinski definition) is 2. The van der Waals surface area contributed by atoms with E-state index in [-0.39, 0.29) is 6.10 Å². The Kier molecular flexibility index (Phi) is 8.54. The van der Waals surface area contributed by atoms with Gasteiger partial charge in [-0.2, -0.15) is 0 Å². The number of nitrogens with zero attached hydrogens (tertiary/aromatic N) is 3. The van der Waals surface area contributed by atoms with Crippen LogP contribution in [0, 0.1) is 0 Å². The van der Waals surface area contributed by atoms with Crippen LogP contribution < -0.4 is 10.6 Å². The highest BCUT2D eigenvalue weighted by Crippen LogP contribution is 2.14. The predicted molar refractivity (Wildman–Crippen MR) is 113 cm³/mol. The molecule has 2 fully saturated rings. The molecule has 0 aliphatic carbocycles. The molecule has 3 rings (SSSR count). The molecule has 2 saturated heterocycles. The maximum atomic E-state index is 5.84. The molecule has 1 aromatic carbocycles. The van der Waals surface area contributed by atoms with Gasteiger partial charge in [0.2, 0.25) is 0 Å². The lowest BCUT2D eigenvalue weighted by atomic mass is 10.1. The summed E-state index contributed by atoms with van der Waals surface area (Å²) in [6.45, 7) is 11.7. The normalized spacial score (nSPS) is 22.2. The van der Waals surface area contributed by atoms with Crippen LogP contribution in [0.1, 0.15) is 18.1 Å². The van der Waals surface area contributed by atoms with Gasteiger partial charge in [0.25, 0.3) is 0 Å². The van der Waals surface area contributed by atoms with Gasteiger partial charge in [-0.1, -0.05) is 24.3 Å². The summed E-state index contributed by atoms with van der Waals surface area (Å²) in [5.74, 6) is 0.848. The van der Waals surface area contributed by atoms with Crippen molar-refractivity contribution in [3.63, 3.8) is 0 Å². The van der Waals surface area contributed by atoms with Gasteiger partial charge in [-0.25, -0.2) is 4.99 Å². The summed E-state index contributed by atoms with van der Waals surface area (Å²) in [7, 11) is 2.14. The van der Waals surface area contributed by atoms with E-state index in [9.17, 15) is 0 Å². The Morgan fingerprint density at radius 1 is 1.11 bits per heavy atom. The fraction of sp³-hybridized carbons (Fsp3) is 0.667. The quantitative estimate of drug-likeness (QED) is 0.534. The average molecular weight is 390 g/mol. The van der Waals surface area contributed by atoms with Crippen LogP contribution in [0.15, 0.2) is 29.3 Å². The standard InChI is InChI=1S/C21H35N5O2/c1-3-22-21(24-15-20-17-25(2)8-13-28-20)23-14-18-6-4-5-7-19(18)16-26-9-11-27-12-10-26/h4-7,20H,3,8-17H2,1-2H3,(H2,22,23,24). The topological polar surface area (TPSA) is 61.4 Å². The van der Waals surface area contributed by atoms with Gasteiger partial charge in [0.05, 0.1) is 32.5 Å². The number of morpholine rings is 2. The Morgan fingerprint density at radius 3 is 2.64 bits per heavy atom. The van der Waals surface area contributed by atoms with Gasteiger partial charge in [0, 0.05) is 45.8 Å². The van der Waals surface area contributed by atoms with Gasteiger partial charge in [0.15, 0.2) is 5.96 Å². The first-order valence-electron chi connectivity index (χ1n) is 10.4. The Labute approximate surface area is 169 Å². The highest BCUT2D eigenvalue weighted by molar-refractivity contribution is 5.79. The predicted octanol–water partition coefficient (Wildman–Crippen LogP) is 0.905. The molecule has 2 aliphatic heterocycles. The summed E-state index contributed by atoms with van der Waals surface area (Å²) in [6.07, 6.45) is 0.205. The largest absolute Gasteiger partial charge is 0.379 e. The second kappa shape index (κ2) is 11.4. The summed E-state index contributed by atoms with van der Waals surface area (Å²) in [5, 5.41) is 6.79. The molecule has 0 amide bonds. The summed E-state index contributed by atoms with van der Waals surface area (Å²) in [6, 6.07) is 8.61. The van der Waals surface area contributed by atoms with E-state index in [1.165, 1.54) is 11.1 Å².